The van der Waals surface area contributed by atoms with Gasteiger partial charge in [-0.1, -0.05) is 17.7 Å². The Bertz CT molecular complexity index is 767. The minimum absolute atomic E-state index is 0.0826. The molecule has 1 aromatic heterocycles. The number of aromatic nitrogens is 1. The zero-order chi connectivity index (χ0) is 15.6. The fourth-order valence-corrected chi connectivity index (χ4v) is 3.38. The third kappa shape index (κ3) is 4.12. The van der Waals surface area contributed by atoms with Crippen LogP contribution in [0.25, 0.3) is 0 Å². The lowest BCUT2D eigenvalue weighted by molar-refractivity contribution is 0.557. The van der Waals surface area contributed by atoms with Crippen LogP contribution in [0.4, 0.5) is 14.5 Å². The van der Waals surface area contributed by atoms with Gasteiger partial charge in [0.2, 0.25) is 10.0 Å². The number of nitrogens with one attached hydrogen (secondary N) is 1. The van der Waals surface area contributed by atoms with Gasteiger partial charge in [-0.2, -0.15) is 0 Å². The number of sulfonamides is 1. The first kappa shape index (κ1) is 16.1. The summed E-state index contributed by atoms with van der Waals surface area (Å²) in [6.07, 6.45) is 1.32. The predicted molar refractivity (Wildman–Crippen MR) is 79.6 cm³/mol. The molecule has 2 aromatic rings. The molecule has 2 rings (SSSR count). The number of rotatable bonds is 4. The maximum atomic E-state index is 13.5. The minimum Gasteiger partial charge on any atom is -0.280 e. The van der Waals surface area contributed by atoms with E-state index in [0.717, 1.165) is 18.2 Å². The molecule has 0 bridgehead atoms. The Labute approximate surface area is 133 Å². The van der Waals surface area contributed by atoms with Crippen LogP contribution >= 0.6 is 27.5 Å². The maximum absolute atomic E-state index is 13.5. The lowest BCUT2D eigenvalue weighted by Crippen LogP contribution is -2.17. The van der Waals surface area contributed by atoms with Gasteiger partial charge in [0.15, 0.2) is 0 Å². The van der Waals surface area contributed by atoms with E-state index in [-0.39, 0.29) is 15.3 Å². The molecular formula is C12H8BrClF2N2O2S. The molecule has 0 spiro atoms. The van der Waals surface area contributed by atoms with E-state index < -0.39 is 33.0 Å². The summed E-state index contributed by atoms with van der Waals surface area (Å²) in [5.41, 5.74) is -0.449. The summed E-state index contributed by atoms with van der Waals surface area (Å²) >= 11 is 8.77. The van der Waals surface area contributed by atoms with E-state index in [1.807, 2.05) is 0 Å². The van der Waals surface area contributed by atoms with Crippen molar-refractivity contribution in [3.05, 3.63) is 57.3 Å². The summed E-state index contributed by atoms with van der Waals surface area (Å²) in [5.74, 6) is -2.70. The second-order valence-corrected chi connectivity index (χ2v) is 6.96. The van der Waals surface area contributed by atoms with E-state index in [1.165, 1.54) is 12.3 Å². The van der Waals surface area contributed by atoms with Crippen molar-refractivity contribution >= 4 is 43.2 Å². The standard InChI is InChI=1S/C12H8BrClF2N2O2S/c13-12-11(4-7(14)5-17-12)18-21(19,20)6-8-9(15)2-1-3-10(8)16/h1-5,18H,6H2. The minimum atomic E-state index is -4.03. The van der Waals surface area contributed by atoms with E-state index >= 15 is 0 Å². The van der Waals surface area contributed by atoms with Crippen molar-refractivity contribution in [2.45, 2.75) is 5.75 Å². The fourth-order valence-electron chi connectivity index (χ4n) is 1.56. The van der Waals surface area contributed by atoms with Crippen LogP contribution in [0.2, 0.25) is 5.02 Å². The molecule has 112 valence electrons. The van der Waals surface area contributed by atoms with E-state index in [9.17, 15) is 17.2 Å². The molecule has 0 radical (unpaired) electrons. The predicted octanol–water partition coefficient (Wildman–Crippen LogP) is 3.72. The Kier molecular flexibility index (Phi) is 4.80. The zero-order valence-corrected chi connectivity index (χ0v) is 13.4. The smallest absolute Gasteiger partial charge is 0.237 e. The van der Waals surface area contributed by atoms with Crippen LogP contribution in [-0.4, -0.2) is 13.4 Å². The van der Waals surface area contributed by atoms with E-state index in [1.54, 1.807) is 0 Å². The molecule has 0 amide bonds. The number of halogens is 4. The fraction of sp³-hybridized carbons (Fsp3) is 0.0833. The molecule has 0 atom stereocenters. The van der Waals surface area contributed by atoms with Gasteiger partial charge in [-0.15, -0.1) is 0 Å². The number of hydrogen-bond donors (Lipinski definition) is 1. The Morgan fingerprint density at radius 2 is 1.90 bits per heavy atom. The molecule has 0 fully saturated rings. The largest absolute Gasteiger partial charge is 0.280 e. The van der Waals surface area contributed by atoms with Gasteiger partial charge < -0.3 is 0 Å². The van der Waals surface area contributed by atoms with Crippen molar-refractivity contribution in [1.29, 1.82) is 0 Å². The van der Waals surface area contributed by atoms with Crippen molar-refractivity contribution < 1.29 is 17.2 Å². The first-order valence-corrected chi connectivity index (χ1v) is 8.35. The van der Waals surface area contributed by atoms with Crippen molar-refractivity contribution in [3.63, 3.8) is 0 Å². The molecule has 1 N–H and O–H groups in total. The van der Waals surface area contributed by atoms with Crippen LogP contribution in [0, 0.1) is 11.6 Å². The first-order chi connectivity index (χ1) is 9.78. The Balaban J connectivity index is 2.29. The first-order valence-electron chi connectivity index (χ1n) is 5.53. The summed E-state index contributed by atoms with van der Waals surface area (Å²) < 4.78 is 53.4. The molecular weight excluding hydrogens is 390 g/mol. The highest BCUT2D eigenvalue weighted by Gasteiger charge is 2.19. The molecule has 1 heterocycles. The number of benzene rings is 1. The Morgan fingerprint density at radius 3 is 2.52 bits per heavy atom. The van der Waals surface area contributed by atoms with Crippen LogP contribution in [0.3, 0.4) is 0 Å². The van der Waals surface area contributed by atoms with Crippen molar-refractivity contribution in [2.75, 3.05) is 4.72 Å². The Morgan fingerprint density at radius 1 is 1.29 bits per heavy atom. The number of anilines is 1. The van der Waals surface area contributed by atoms with Gasteiger partial charge in [-0.3, -0.25) is 4.72 Å². The summed E-state index contributed by atoms with van der Waals surface area (Å²) in [6.45, 7) is 0. The molecule has 0 aliphatic carbocycles. The quantitative estimate of drug-likeness (QED) is 0.800. The molecule has 0 unspecified atom stereocenters. The second kappa shape index (κ2) is 6.25. The molecule has 9 heteroatoms. The third-order valence-corrected chi connectivity index (χ3v) is 4.51. The molecule has 0 aliphatic heterocycles. The van der Waals surface area contributed by atoms with Crippen LogP contribution in [0.15, 0.2) is 35.1 Å². The number of hydrogen-bond acceptors (Lipinski definition) is 3. The lowest BCUT2D eigenvalue weighted by atomic mass is 10.2. The zero-order valence-electron chi connectivity index (χ0n) is 10.3. The highest BCUT2D eigenvalue weighted by Crippen LogP contribution is 2.25. The topological polar surface area (TPSA) is 59.1 Å². The second-order valence-electron chi connectivity index (χ2n) is 4.05. The van der Waals surface area contributed by atoms with Crippen LogP contribution in [0.1, 0.15) is 5.56 Å². The lowest BCUT2D eigenvalue weighted by Gasteiger charge is -2.10. The molecule has 0 aliphatic rings. The molecule has 1 aromatic carbocycles. The summed E-state index contributed by atoms with van der Waals surface area (Å²) in [5, 5.41) is 0.216. The number of pyridine rings is 1. The van der Waals surface area contributed by atoms with E-state index in [0.29, 0.717) is 0 Å². The van der Waals surface area contributed by atoms with Crippen molar-refractivity contribution in [2.24, 2.45) is 0 Å². The SMILES string of the molecule is O=S(=O)(Cc1c(F)cccc1F)Nc1cc(Cl)cnc1Br. The normalized spacial score (nSPS) is 11.4. The van der Waals surface area contributed by atoms with Crippen molar-refractivity contribution in [1.82, 2.24) is 4.98 Å². The van der Waals surface area contributed by atoms with Gasteiger partial charge in [0.05, 0.1) is 10.7 Å². The molecule has 21 heavy (non-hydrogen) atoms. The average Bonchev–Trinajstić information content (AvgIpc) is 2.38. The van der Waals surface area contributed by atoms with Crippen molar-refractivity contribution in [3.8, 4) is 0 Å². The third-order valence-electron chi connectivity index (χ3n) is 2.47. The van der Waals surface area contributed by atoms with Gasteiger partial charge in [0.25, 0.3) is 0 Å². The highest BCUT2D eigenvalue weighted by atomic mass is 79.9. The van der Waals surface area contributed by atoms with Crippen LogP contribution < -0.4 is 4.72 Å². The summed E-state index contributed by atoms with van der Waals surface area (Å²) in [4.78, 5) is 3.81. The average molecular weight is 398 g/mol. The van der Waals surface area contributed by atoms with Gasteiger partial charge in [0, 0.05) is 11.8 Å². The maximum Gasteiger partial charge on any atom is 0.237 e. The summed E-state index contributed by atoms with van der Waals surface area (Å²) in [6, 6.07) is 4.47. The van der Waals surface area contributed by atoms with Crippen LogP contribution in [-0.2, 0) is 15.8 Å². The van der Waals surface area contributed by atoms with Gasteiger partial charge >= 0.3 is 0 Å². The number of nitrogens with zero attached hydrogens (tertiary/aromatic N) is 1. The van der Waals surface area contributed by atoms with Gasteiger partial charge in [0.1, 0.15) is 22.0 Å². The van der Waals surface area contributed by atoms with Crippen LogP contribution in [0.5, 0.6) is 0 Å². The Hall–Kier alpha value is -1.25. The molecule has 4 nitrogen and oxygen atoms in total. The van der Waals surface area contributed by atoms with E-state index in [2.05, 4.69) is 25.6 Å². The van der Waals surface area contributed by atoms with Gasteiger partial charge in [-0.25, -0.2) is 22.2 Å². The monoisotopic (exact) mass is 396 g/mol. The highest BCUT2D eigenvalue weighted by molar-refractivity contribution is 9.10. The summed E-state index contributed by atoms with van der Waals surface area (Å²) in [7, 11) is -4.03. The van der Waals surface area contributed by atoms with E-state index in [4.69, 9.17) is 11.6 Å². The molecule has 0 saturated carbocycles. The molecule has 0 saturated heterocycles. The van der Waals surface area contributed by atoms with Gasteiger partial charge in [-0.05, 0) is 34.1 Å².